The normalized spacial score (nSPS) is 14.1. The van der Waals surface area contributed by atoms with Gasteiger partial charge in [-0.2, -0.15) is 0 Å². The fraction of sp³-hybridized carbons (Fsp3) is 0.0500. The van der Waals surface area contributed by atoms with Crippen molar-refractivity contribution >= 4 is 11.3 Å². The van der Waals surface area contributed by atoms with Gasteiger partial charge in [-0.05, 0) is 28.3 Å². The van der Waals surface area contributed by atoms with Crippen molar-refractivity contribution in [3.8, 4) is 0 Å². The molecular formula is C20H18N+. The molecule has 0 radical (unpaired) electrons. The van der Waals surface area contributed by atoms with Crippen molar-refractivity contribution in [1.82, 2.24) is 0 Å². The Kier molecular flexibility index (Phi) is 3.92. The maximum absolute atomic E-state index is 5.93. The van der Waals surface area contributed by atoms with E-state index < -0.39 is 0 Å². The van der Waals surface area contributed by atoms with Gasteiger partial charge < -0.3 is 0 Å². The summed E-state index contributed by atoms with van der Waals surface area (Å²) in [7, 11) is 0. The molecule has 2 aromatic carbocycles. The van der Waals surface area contributed by atoms with Gasteiger partial charge in [0.1, 0.15) is 0 Å². The number of nitrogens with two attached hydrogens (primary N) is 1. The summed E-state index contributed by atoms with van der Waals surface area (Å²) in [5.74, 6) is 0. The van der Waals surface area contributed by atoms with E-state index in [2.05, 4.69) is 66.8 Å². The van der Waals surface area contributed by atoms with Crippen LogP contribution in [0.25, 0.3) is 5.57 Å². The molecule has 0 aromatic heterocycles. The number of hydrogen-bond acceptors (Lipinski definition) is 0. The number of hydrogen-bond donors (Lipinski definition) is 1. The molecule has 2 N–H and O–H groups in total. The second kappa shape index (κ2) is 6.19. The summed E-state index contributed by atoms with van der Waals surface area (Å²) in [5, 5.41) is 5.93. The lowest BCUT2D eigenvalue weighted by Gasteiger charge is -2.11. The molecule has 1 aliphatic carbocycles. The maximum Gasteiger partial charge on any atom is 0.176 e. The highest BCUT2D eigenvalue weighted by Crippen LogP contribution is 2.28. The van der Waals surface area contributed by atoms with Crippen LogP contribution in [-0.2, 0) is 0 Å². The lowest BCUT2D eigenvalue weighted by Crippen LogP contribution is -2.37. The van der Waals surface area contributed by atoms with Gasteiger partial charge in [-0.25, -0.2) is 0 Å². The molecule has 21 heavy (non-hydrogen) atoms. The quantitative estimate of drug-likeness (QED) is 0.869. The third-order valence-electron chi connectivity index (χ3n) is 3.54. The SMILES string of the molecule is [NH2+]=C1C=CC(=C(c2ccccc2)c2ccccc2)C=CC1. The van der Waals surface area contributed by atoms with Crippen LogP contribution >= 0.6 is 0 Å². The fourth-order valence-corrected chi connectivity index (χ4v) is 2.52. The summed E-state index contributed by atoms with van der Waals surface area (Å²) in [5.41, 5.74) is 5.75. The van der Waals surface area contributed by atoms with E-state index in [-0.39, 0.29) is 0 Å². The Balaban J connectivity index is 2.22. The maximum atomic E-state index is 5.93. The van der Waals surface area contributed by atoms with Gasteiger partial charge in [0.05, 0.1) is 6.42 Å². The molecular weight excluding hydrogens is 254 g/mol. The standard InChI is InChI=1S/C20H17N/c21-19-13-7-12-18(14-15-19)20(16-8-3-1-4-9-16)17-10-5-2-6-11-17/h1-12,14-15,21H,13H2/p+1. The summed E-state index contributed by atoms with van der Waals surface area (Å²) >= 11 is 0. The molecule has 0 amide bonds. The first kappa shape index (κ1) is 13.3. The Morgan fingerprint density at radius 3 is 1.86 bits per heavy atom. The Bertz CT molecular complexity index is 677. The largest absolute Gasteiger partial charge is 0.258 e. The molecule has 0 saturated carbocycles. The molecule has 102 valence electrons. The predicted molar refractivity (Wildman–Crippen MR) is 88.7 cm³/mol. The second-order valence-corrected chi connectivity index (χ2v) is 5.08. The zero-order valence-corrected chi connectivity index (χ0v) is 11.9. The molecule has 0 heterocycles. The monoisotopic (exact) mass is 272 g/mol. The van der Waals surface area contributed by atoms with Crippen LogP contribution in [0, 0.1) is 0 Å². The summed E-state index contributed by atoms with van der Waals surface area (Å²) in [6.07, 6.45) is 9.19. The van der Waals surface area contributed by atoms with Gasteiger partial charge in [-0.15, -0.1) is 0 Å². The highest BCUT2D eigenvalue weighted by atomic mass is 14.4. The average molecular weight is 272 g/mol. The van der Waals surface area contributed by atoms with Crippen molar-refractivity contribution in [1.29, 1.82) is 0 Å². The first-order valence-electron chi connectivity index (χ1n) is 7.15. The number of allylic oxidation sites excluding steroid dienone is 5. The van der Waals surface area contributed by atoms with E-state index in [4.69, 9.17) is 5.41 Å². The molecule has 0 fully saturated rings. The Hall–Kier alpha value is -2.67. The zero-order chi connectivity index (χ0) is 14.5. The van der Waals surface area contributed by atoms with Gasteiger partial charge in [0.25, 0.3) is 0 Å². The molecule has 0 bridgehead atoms. The molecule has 0 spiro atoms. The molecule has 0 atom stereocenters. The van der Waals surface area contributed by atoms with E-state index in [0.717, 1.165) is 12.1 Å². The van der Waals surface area contributed by atoms with Crippen LogP contribution in [0.4, 0.5) is 0 Å². The van der Waals surface area contributed by atoms with Gasteiger partial charge in [-0.3, -0.25) is 5.41 Å². The summed E-state index contributed by atoms with van der Waals surface area (Å²) in [6, 6.07) is 21.0. The minimum atomic E-state index is 0.802. The van der Waals surface area contributed by atoms with E-state index >= 15 is 0 Å². The topological polar surface area (TPSA) is 25.6 Å². The number of benzene rings is 2. The molecule has 1 heteroatoms. The van der Waals surface area contributed by atoms with E-state index in [1.807, 2.05) is 18.2 Å². The molecule has 0 saturated heterocycles. The van der Waals surface area contributed by atoms with E-state index in [1.165, 1.54) is 22.3 Å². The Labute approximate surface area is 125 Å². The molecule has 1 aliphatic rings. The molecule has 0 aliphatic heterocycles. The van der Waals surface area contributed by atoms with Crippen LogP contribution in [0.15, 0.2) is 90.5 Å². The van der Waals surface area contributed by atoms with E-state index in [0.29, 0.717) is 0 Å². The fourth-order valence-electron chi connectivity index (χ4n) is 2.52. The van der Waals surface area contributed by atoms with Crippen molar-refractivity contribution in [2.24, 2.45) is 0 Å². The zero-order valence-electron chi connectivity index (χ0n) is 11.9. The Morgan fingerprint density at radius 1 is 0.714 bits per heavy atom. The van der Waals surface area contributed by atoms with Crippen molar-refractivity contribution in [2.45, 2.75) is 6.42 Å². The van der Waals surface area contributed by atoms with Crippen molar-refractivity contribution < 1.29 is 5.41 Å². The second-order valence-electron chi connectivity index (χ2n) is 5.08. The van der Waals surface area contributed by atoms with Crippen LogP contribution in [0.2, 0.25) is 0 Å². The van der Waals surface area contributed by atoms with Gasteiger partial charge in [0.15, 0.2) is 5.71 Å². The highest BCUT2D eigenvalue weighted by molar-refractivity contribution is 5.94. The Morgan fingerprint density at radius 2 is 1.29 bits per heavy atom. The first-order chi connectivity index (χ1) is 10.3. The minimum absolute atomic E-state index is 0.802. The van der Waals surface area contributed by atoms with Gasteiger partial charge in [0, 0.05) is 6.08 Å². The van der Waals surface area contributed by atoms with Gasteiger partial charge in [-0.1, -0.05) is 72.8 Å². The van der Waals surface area contributed by atoms with Crippen molar-refractivity contribution in [3.05, 3.63) is 102 Å². The predicted octanol–water partition coefficient (Wildman–Crippen LogP) is 3.20. The summed E-state index contributed by atoms with van der Waals surface area (Å²) in [6.45, 7) is 0. The van der Waals surface area contributed by atoms with Crippen molar-refractivity contribution in [3.63, 3.8) is 0 Å². The third kappa shape index (κ3) is 3.09. The molecule has 0 unspecified atom stereocenters. The summed E-state index contributed by atoms with van der Waals surface area (Å²) in [4.78, 5) is 0. The van der Waals surface area contributed by atoms with Crippen LogP contribution < -0.4 is 5.41 Å². The average Bonchev–Trinajstić information content (AvgIpc) is 2.75. The molecule has 1 nitrogen and oxygen atoms in total. The highest BCUT2D eigenvalue weighted by Gasteiger charge is 2.10. The van der Waals surface area contributed by atoms with Crippen LogP contribution in [0.5, 0.6) is 0 Å². The third-order valence-corrected chi connectivity index (χ3v) is 3.54. The lowest BCUT2D eigenvalue weighted by atomic mass is 9.92. The van der Waals surface area contributed by atoms with Crippen LogP contribution in [0.1, 0.15) is 17.5 Å². The smallest absolute Gasteiger partial charge is 0.176 e. The number of rotatable bonds is 2. The van der Waals surface area contributed by atoms with Gasteiger partial charge in [0.2, 0.25) is 0 Å². The van der Waals surface area contributed by atoms with E-state index in [9.17, 15) is 0 Å². The lowest BCUT2D eigenvalue weighted by molar-refractivity contribution is -0.113. The van der Waals surface area contributed by atoms with E-state index in [1.54, 1.807) is 0 Å². The van der Waals surface area contributed by atoms with Crippen molar-refractivity contribution in [2.75, 3.05) is 0 Å². The first-order valence-corrected chi connectivity index (χ1v) is 7.15. The minimum Gasteiger partial charge on any atom is -0.258 e. The van der Waals surface area contributed by atoms with Crippen LogP contribution in [0.3, 0.4) is 0 Å². The van der Waals surface area contributed by atoms with Gasteiger partial charge >= 0.3 is 0 Å². The molecule has 3 rings (SSSR count). The van der Waals surface area contributed by atoms with Crippen LogP contribution in [-0.4, -0.2) is 5.71 Å². The molecule has 2 aromatic rings. The summed E-state index contributed by atoms with van der Waals surface area (Å²) < 4.78 is 0.